The standard InChI is InChI=1S/C17H12F5NO5S/c18-16(19,20)13-9-5-4-8-12(13)14(24)10-28-29(26,27)17(21,22)15(25)23-11-6-2-1-3-7-11/h1-9H,10H2,(H,23,25). The Morgan fingerprint density at radius 1 is 0.897 bits per heavy atom. The van der Waals surface area contributed by atoms with Gasteiger partial charge in [-0.2, -0.15) is 30.4 Å². The molecule has 0 bridgehead atoms. The van der Waals surface area contributed by atoms with Gasteiger partial charge in [-0.1, -0.05) is 36.4 Å². The Bertz CT molecular complexity index is 1010. The van der Waals surface area contributed by atoms with E-state index >= 15 is 0 Å². The van der Waals surface area contributed by atoms with E-state index in [1.807, 2.05) is 0 Å². The summed E-state index contributed by atoms with van der Waals surface area (Å²) in [5, 5.41) is -3.45. The minimum atomic E-state index is -5.98. The van der Waals surface area contributed by atoms with E-state index in [9.17, 15) is 40.0 Å². The van der Waals surface area contributed by atoms with Crippen molar-refractivity contribution in [2.24, 2.45) is 0 Å². The average Bonchev–Trinajstić information content (AvgIpc) is 2.66. The molecule has 1 amide bonds. The van der Waals surface area contributed by atoms with Crippen LogP contribution in [0.3, 0.4) is 0 Å². The van der Waals surface area contributed by atoms with Crippen molar-refractivity contribution in [2.75, 3.05) is 11.9 Å². The first-order chi connectivity index (χ1) is 13.4. The zero-order valence-electron chi connectivity index (χ0n) is 14.2. The largest absolute Gasteiger partial charge is 0.447 e. The fourth-order valence-corrected chi connectivity index (χ4v) is 2.78. The van der Waals surface area contributed by atoms with Gasteiger partial charge in [0, 0.05) is 11.3 Å². The lowest BCUT2D eigenvalue weighted by molar-refractivity contribution is -0.138. The van der Waals surface area contributed by atoms with Gasteiger partial charge in [-0.05, 0) is 18.2 Å². The highest BCUT2D eigenvalue weighted by molar-refractivity contribution is 7.88. The van der Waals surface area contributed by atoms with Crippen LogP contribution in [0, 0.1) is 0 Å². The molecule has 0 saturated carbocycles. The third kappa shape index (κ3) is 5.15. The molecule has 1 N–H and O–H groups in total. The summed E-state index contributed by atoms with van der Waals surface area (Å²) in [6.45, 7) is -1.65. The molecule has 12 heteroatoms. The number of para-hydroxylation sites is 1. The number of benzene rings is 2. The van der Waals surface area contributed by atoms with Crippen LogP contribution in [0.25, 0.3) is 0 Å². The van der Waals surface area contributed by atoms with Crippen LogP contribution >= 0.6 is 0 Å². The Balaban J connectivity index is 2.15. The molecule has 2 aromatic rings. The molecule has 0 unspecified atom stereocenters. The number of carbonyl (C=O) groups excluding carboxylic acids is 2. The lowest BCUT2D eigenvalue weighted by Crippen LogP contribution is -2.43. The summed E-state index contributed by atoms with van der Waals surface area (Å²) in [6, 6.07) is 10.0. The van der Waals surface area contributed by atoms with Gasteiger partial charge < -0.3 is 5.32 Å². The van der Waals surface area contributed by atoms with Crippen molar-refractivity contribution in [3.63, 3.8) is 0 Å². The molecule has 0 saturated heterocycles. The number of alkyl halides is 5. The molecule has 0 aliphatic carbocycles. The third-order valence-electron chi connectivity index (χ3n) is 3.49. The summed E-state index contributed by atoms with van der Waals surface area (Å²) in [6.07, 6.45) is -4.94. The first kappa shape index (κ1) is 22.4. The first-order valence-corrected chi connectivity index (χ1v) is 9.10. The van der Waals surface area contributed by atoms with Crippen molar-refractivity contribution in [1.82, 2.24) is 0 Å². The number of ketones is 1. The highest BCUT2D eigenvalue weighted by Crippen LogP contribution is 2.32. The number of carbonyl (C=O) groups is 2. The number of amides is 1. The maximum absolute atomic E-state index is 14.0. The summed E-state index contributed by atoms with van der Waals surface area (Å²) >= 11 is 0. The predicted molar refractivity (Wildman–Crippen MR) is 90.7 cm³/mol. The van der Waals surface area contributed by atoms with E-state index in [0.29, 0.717) is 6.07 Å². The Morgan fingerprint density at radius 2 is 1.45 bits per heavy atom. The van der Waals surface area contributed by atoms with Gasteiger partial charge >= 0.3 is 27.5 Å². The molecule has 6 nitrogen and oxygen atoms in total. The van der Waals surface area contributed by atoms with Crippen molar-refractivity contribution in [2.45, 2.75) is 11.4 Å². The number of anilines is 1. The molecule has 29 heavy (non-hydrogen) atoms. The van der Waals surface area contributed by atoms with E-state index in [2.05, 4.69) is 4.18 Å². The minimum Gasteiger partial charge on any atom is -0.320 e. The van der Waals surface area contributed by atoms with Gasteiger partial charge in [0.25, 0.3) is 0 Å². The second-order valence-electron chi connectivity index (χ2n) is 5.52. The summed E-state index contributed by atoms with van der Waals surface area (Å²) in [7, 11) is -5.98. The Kier molecular flexibility index (Phi) is 6.38. The highest BCUT2D eigenvalue weighted by atomic mass is 32.2. The van der Waals surface area contributed by atoms with Crippen LogP contribution in [-0.2, 0) is 25.3 Å². The van der Waals surface area contributed by atoms with E-state index in [-0.39, 0.29) is 5.69 Å². The second-order valence-corrected chi connectivity index (χ2v) is 7.18. The Morgan fingerprint density at radius 3 is 2.03 bits per heavy atom. The molecule has 0 radical (unpaired) electrons. The van der Waals surface area contributed by atoms with Crippen LogP contribution in [0.2, 0.25) is 0 Å². The van der Waals surface area contributed by atoms with Crippen molar-refractivity contribution in [3.05, 3.63) is 65.7 Å². The van der Waals surface area contributed by atoms with E-state index < -0.39 is 51.0 Å². The summed E-state index contributed by atoms with van der Waals surface area (Å²) in [5.74, 6) is -3.77. The van der Waals surface area contributed by atoms with Gasteiger partial charge in [0.15, 0.2) is 5.78 Å². The molecule has 2 rings (SSSR count). The van der Waals surface area contributed by atoms with E-state index in [1.54, 1.807) is 5.32 Å². The van der Waals surface area contributed by atoms with E-state index in [1.165, 1.54) is 30.3 Å². The fourth-order valence-electron chi connectivity index (χ4n) is 2.10. The number of Topliss-reactive ketones (excluding diaryl/α,β-unsaturated/α-hetero) is 1. The zero-order chi connectivity index (χ0) is 21.9. The monoisotopic (exact) mass is 437 g/mol. The second kappa shape index (κ2) is 8.25. The normalized spacial score (nSPS) is 12.4. The number of rotatable bonds is 7. The zero-order valence-corrected chi connectivity index (χ0v) is 15.1. The number of hydrogen-bond acceptors (Lipinski definition) is 5. The van der Waals surface area contributed by atoms with Crippen molar-refractivity contribution in [3.8, 4) is 0 Å². The highest BCUT2D eigenvalue weighted by Gasteiger charge is 2.54. The number of nitrogens with one attached hydrogen (secondary N) is 1. The topological polar surface area (TPSA) is 89.5 Å². The van der Waals surface area contributed by atoms with Gasteiger partial charge in [0.2, 0.25) is 0 Å². The molecule has 0 aliphatic heterocycles. The molecule has 0 spiro atoms. The third-order valence-corrected chi connectivity index (χ3v) is 4.73. The average molecular weight is 437 g/mol. The van der Waals surface area contributed by atoms with Crippen LogP contribution < -0.4 is 5.32 Å². The Hall–Kier alpha value is -2.86. The van der Waals surface area contributed by atoms with E-state index in [4.69, 9.17) is 0 Å². The van der Waals surface area contributed by atoms with Crippen LogP contribution in [0.5, 0.6) is 0 Å². The quantitative estimate of drug-likeness (QED) is 0.407. The lowest BCUT2D eigenvalue weighted by Gasteiger charge is -2.16. The fraction of sp³-hybridized carbons (Fsp3) is 0.176. The first-order valence-electron chi connectivity index (χ1n) is 7.69. The molecule has 0 aliphatic rings. The number of halogens is 5. The van der Waals surface area contributed by atoms with Crippen LogP contribution in [0.15, 0.2) is 54.6 Å². The molecular weight excluding hydrogens is 425 g/mol. The molecule has 156 valence electrons. The molecule has 2 aromatic carbocycles. The van der Waals surface area contributed by atoms with Gasteiger partial charge in [0.1, 0.15) is 6.61 Å². The summed E-state index contributed by atoms with van der Waals surface area (Å²) in [4.78, 5) is 23.5. The SMILES string of the molecule is O=C(COS(=O)(=O)C(F)(F)C(=O)Nc1ccccc1)c1ccccc1C(F)(F)F. The van der Waals surface area contributed by atoms with Crippen LogP contribution in [-0.4, -0.2) is 32.0 Å². The van der Waals surface area contributed by atoms with Crippen LogP contribution in [0.4, 0.5) is 27.6 Å². The predicted octanol–water partition coefficient (Wildman–Crippen LogP) is 3.47. The molecule has 0 atom stereocenters. The summed E-state index contributed by atoms with van der Waals surface area (Å²) in [5.41, 5.74) is -2.49. The number of hydrogen-bond donors (Lipinski definition) is 1. The smallest absolute Gasteiger partial charge is 0.320 e. The van der Waals surface area contributed by atoms with Crippen molar-refractivity contribution in [1.29, 1.82) is 0 Å². The molecule has 0 fully saturated rings. The van der Waals surface area contributed by atoms with Gasteiger partial charge in [-0.25, -0.2) is 0 Å². The molecule has 0 aromatic heterocycles. The van der Waals surface area contributed by atoms with Crippen molar-refractivity contribution < 1.29 is 44.1 Å². The molecular formula is C17H12F5NO5S. The van der Waals surface area contributed by atoms with Gasteiger partial charge in [-0.15, -0.1) is 0 Å². The summed E-state index contributed by atoms with van der Waals surface area (Å²) < 4.78 is 93.9. The van der Waals surface area contributed by atoms with Gasteiger partial charge in [0.05, 0.1) is 5.56 Å². The van der Waals surface area contributed by atoms with Crippen molar-refractivity contribution >= 4 is 27.5 Å². The molecule has 0 heterocycles. The Labute approximate surface area is 161 Å². The van der Waals surface area contributed by atoms with E-state index in [0.717, 1.165) is 18.2 Å². The maximum Gasteiger partial charge on any atom is 0.447 e. The van der Waals surface area contributed by atoms with Gasteiger partial charge in [-0.3, -0.25) is 13.8 Å². The lowest BCUT2D eigenvalue weighted by atomic mass is 10.0. The van der Waals surface area contributed by atoms with Crippen LogP contribution in [0.1, 0.15) is 15.9 Å². The maximum atomic E-state index is 14.0. The minimum absolute atomic E-state index is 0.137.